The molecule has 0 atom stereocenters. The van der Waals surface area contributed by atoms with Crippen LogP contribution in [0.1, 0.15) is 33.5 Å². The molecule has 0 spiro atoms. The van der Waals surface area contributed by atoms with Gasteiger partial charge in [-0.15, -0.1) is 0 Å². The van der Waals surface area contributed by atoms with Crippen molar-refractivity contribution in [2.75, 3.05) is 11.3 Å². The Morgan fingerprint density at radius 1 is 0.935 bits per heavy atom. The summed E-state index contributed by atoms with van der Waals surface area (Å²) in [7, 11) is -3.95. The molecule has 0 saturated carbocycles. The number of hydrogen-bond donors (Lipinski definition) is 2. The zero-order valence-corrected chi connectivity index (χ0v) is 19.1. The van der Waals surface area contributed by atoms with Gasteiger partial charge in [-0.1, -0.05) is 48.0 Å². The SMILES string of the molecule is Cc1ccc(NS(=O)(=O)c2cc(C(=O)NCCCc3ccccc3)ccc2Cl)cc1C. The fraction of sp³-hybridized carbons (Fsp3) is 0.208. The molecule has 0 aliphatic rings. The molecule has 3 aromatic carbocycles. The van der Waals surface area contributed by atoms with Crippen LogP contribution in [-0.4, -0.2) is 20.9 Å². The molecule has 1 amide bonds. The van der Waals surface area contributed by atoms with Gasteiger partial charge in [0.1, 0.15) is 4.90 Å². The summed E-state index contributed by atoms with van der Waals surface area (Å²) >= 11 is 6.15. The van der Waals surface area contributed by atoms with Crippen molar-refractivity contribution in [3.8, 4) is 0 Å². The van der Waals surface area contributed by atoms with Gasteiger partial charge >= 0.3 is 0 Å². The topological polar surface area (TPSA) is 75.3 Å². The molecule has 5 nitrogen and oxygen atoms in total. The van der Waals surface area contributed by atoms with Crippen LogP contribution in [0.25, 0.3) is 0 Å². The fourth-order valence-corrected chi connectivity index (χ4v) is 4.68. The Hall–Kier alpha value is -2.83. The summed E-state index contributed by atoms with van der Waals surface area (Å²) in [5, 5.41) is 2.89. The molecule has 2 N–H and O–H groups in total. The third-order valence-corrected chi connectivity index (χ3v) is 6.88. The van der Waals surface area contributed by atoms with Gasteiger partial charge in [-0.3, -0.25) is 9.52 Å². The van der Waals surface area contributed by atoms with E-state index in [1.807, 2.05) is 50.2 Å². The molecule has 0 radical (unpaired) electrons. The number of halogens is 1. The van der Waals surface area contributed by atoms with E-state index in [0.29, 0.717) is 12.2 Å². The molecule has 0 bridgehead atoms. The van der Waals surface area contributed by atoms with E-state index in [4.69, 9.17) is 11.6 Å². The molecule has 0 aromatic heterocycles. The van der Waals surface area contributed by atoms with Crippen molar-refractivity contribution in [1.29, 1.82) is 0 Å². The number of hydrogen-bond acceptors (Lipinski definition) is 3. The van der Waals surface area contributed by atoms with Crippen molar-refractivity contribution in [2.45, 2.75) is 31.6 Å². The lowest BCUT2D eigenvalue weighted by Crippen LogP contribution is -2.25. The van der Waals surface area contributed by atoms with Gasteiger partial charge in [0.25, 0.3) is 15.9 Å². The monoisotopic (exact) mass is 456 g/mol. The molecular weight excluding hydrogens is 432 g/mol. The summed E-state index contributed by atoms with van der Waals surface area (Å²) in [5.74, 6) is -0.340. The van der Waals surface area contributed by atoms with Crippen LogP contribution in [0.4, 0.5) is 5.69 Å². The Balaban J connectivity index is 1.68. The predicted octanol–water partition coefficient (Wildman–Crippen LogP) is 5.12. The van der Waals surface area contributed by atoms with Gasteiger partial charge in [0, 0.05) is 17.8 Å². The number of rotatable bonds is 8. The van der Waals surface area contributed by atoms with Crippen LogP contribution < -0.4 is 10.0 Å². The lowest BCUT2D eigenvalue weighted by atomic mass is 10.1. The number of anilines is 1. The molecule has 0 saturated heterocycles. The zero-order valence-electron chi connectivity index (χ0n) is 17.5. The molecule has 7 heteroatoms. The number of nitrogens with one attached hydrogen (secondary N) is 2. The van der Waals surface area contributed by atoms with Gasteiger partial charge in [0.2, 0.25) is 0 Å². The maximum atomic E-state index is 12.9. The van der Waals surface area contributed by atoms with Crippen LogP contribution in [-0.2, 0) is 16.4 Å². The van der Waals surface area contributed by atoms with Crippen LogP contribution in [0.3, 0.4) is 0 Å². The van der Waals surface area contributed by atoms with E-state index in [1.54, 1.807) is 12.1 Å². The molecule has 0 fully saturated rings. The molecule has 31 heavy (non-hydrogen) atoms. The molecule has 0 aliphatic carbocycles. The Morgan fingerprint density at radius 2 is 1.68 bits per heavy atom. The van der Waals surface area contributed by atoms with Gasteiger partial charge in [-0.25, -0.2) is 8.42 Å². The fourth-order valence-electron chi connectivity index (χ4n) is 3.11. The number of sulfonamides is 1. The second-order valence-electron chi connectivity index (χ2n) is 7.39. The van der Waals surface area contributed by atoms with Crippen molar-refractivity contribution >= 4 is 33.2 Å². The molecule has 162 valence electrons. The Labute approximate surface area is 188 Å². The smallest absolute Gasteiger partial charge is 0.263 e. The van der Waals surface area contributed by atoms with Crippen molar-refractivity contribution in [1.82, 2.24) is 5.32 Å². The summed E-state index contributed by atoms with van der Waals surface area (Å²) < 4.78 is 28.3. The first-order chi connectivity index (χ1) is 14.8. The first kappa shape index (κ1) is 22.8. The number of carbonyl (C=O) groups excluding carboxylic acids is 1. The lowest BCUT2D eigenvalue weighted by molar-refractivity contribution is 0.0953. The first-order valence-electron chi connectivity index (χ1n) is 9.98. The standard InChI is InChI=1S/C24H25ClN2O3S/c1-17-10-12-21(15-18(17)2)27-31(29,30)23-16-20(11-13-22(23)25)24(28)26-14-6-9-19-7-4-3-5-8-19/h3-5,7-8,10-13,15-16,27H,6,9,14H2,1-2H3,(H,26,28). The van der Waals surface area contributed by atoms with Crippen LogP contribution >= 0.6 is 11.6 Å². The summed E-state index contributed by atoms with van der Waals surface area (Å²) in [6.07, 6.45) is 1.63. The summed E-state index contributed by atoms with van der Waals surface area (Å²) in [5.41, 5.74) is 3.91. The predicted molar refractivity (Wildman–Crippen MR) is 125 cm³/mol. The highest BCUT2D eigenvalue weighted by atomic mass is 35.5. The maximum Gasteiger partial charge on any atom is 0.263 e. The summed E-state index contributed by atoms with van der Waals surface area (Å²) in [4.78, 5) is 12.4. The number of amides is 1. The van der Waals surface area contributed by atoms with Crippen molar-refractivity contribution < 1.29 is 13.2 Å². The van der Waals surface area contributed by atoms with Crippen LogP contribution in [0.2, 0.25) is 5.02 Å². The second kappa shape index (κ2) is 9.98. The van der Waals surface area contributed by atoms with Crippen LogP contribution in [0.5, 0.6) is 0 Å². The normalized spacial score (nSPS) is 11.2. The number of aryl methyl sites for hydroxylation is 3. The lowest BCUT2D eigenvalue weighted by Gasteiger charge is -2.12. The van der Waals surface area contributed by atoms with Crippen molar-refractivity contribution in [3.05, 3.63) is 94.0 Å². The third kappa shape index (κ3) is 6.09. The van der Waals surface area contributed by atoms with Crippen LogP contribution in [0.15, 0.2) is 71.6 Å². The quantitative estimate of drug-likeness (QED) is 0.462. The van der Waals surface area contributed by atoms with Gasteiger partial charge in [-0.05, 0) is 73.7 Å². The minimum Gasteiger partial charge on any atom is -0.352 e. The van der Waals surface area contributed by atoms with E-state index in [2.05, 4.69) is 10.0 Å². The van der Waals surface area contributed by atoms with E-state index in [0.717, 1.165) is 24.0 Å². The van der Waals surface area contributed by atoms with E-state index >= 15 is 0 Å². The molecule has 0 aliphatic heterocycles. The van der Waals surface area contributed by atoms with E-state index in [1.165, 1.54) is 23.8 Å². The minimum atomic E-state index is -3.95. The van der Waals surface area contributed by atoms with Crippen LogP contribution in [0, 0.1) is 13.8 Å². The highest BCUT2D eigenvalue weighted by Crippen LogP contribution is 2.26. The molecule has 3 rings (SSSR count). The Bertz CT molecular complexity index is 1180. The maximum absolute atomic E-state index is 12.9. The van der Waals surface area contributed by atoms with Gasteiger partial charge in [-0.2, -0.15) is 0 Å². The van der Waals surface area contributed by atoms with Gasteiger partial charge in [0.15, 0.2) is 0 Å². The van der Waals surface area contributed by atoms with Gasteiger partial charge in [0.05, 0.1) is 5.02 Å². The van der Waals surface area contributed by atoms with E-state index < -0.39 is 10.0 Å². The Morgan fingerprint density at radius 3 is 2.39 bits per heavy atom. The summed E-state index contributed by atoms with van der Waals surface area (Å²) in [6.45, 7) is 4.34. The second-order valence-corrected chi connectivity index (χ2v) is 9.45. The van der Waals surface area contributed by atoms with Crippen molar-refractivity contribution in [2.24, 2.45) is 0 Å². The molecule has 3 aromatic rings. The first-order valence-corrected chi connectivity index (χ1v) is 11.8. The highest BCUT2D eigenvalue weighted by molar-refractivity contribution is 7.92. The number of carbonyl (C=O) groups is 1. The summed E-state index contributed by atoms with van der Waals surface area (Å²) in [6, 6.07) is 19.5. The molecule has 0 heterocycles. The third-order valence-electron chi connectivity index (χ3n) is 5.01. The average molecular weight is 457 g/mol. The van der Waals surface area contributed by atoms with Gasteiger partial charge < -0.3 is 5.32 Å². The van der Waals surface area contributed by atoms with E-state index in [9.17, 15) is 13.2 Å². The van der Waals surface area contributed by atoms with Crippen molar-refractivity contribution in [3.63, 3.8) is 0 Å². The largest absolute Gasteiger partial charge is 0.352 e. The highest BCUT2D eigenvalue weighted by Gasteiger charge is 2.20. The number of benzene rings is 3. The Kier molecular flexibility index (Phi) is 7.36. The molecular formula is C24H25ClN2O3S. The zero-order chi connectivity index (χ0) is 22.4. The average Bonchev–Trinajstić information content (AvgIpc) is 2.74. The minimum absolute atomic E-state index is 0.0527. The van der Waals surface area contributed by atoms with E-state index in [-0.39, 0.29) is 21.4 Å². The molecule has 0 unspecified atom stereocenters.